The quantitative estimate of drug-likeness (QED) is 0.602. The number of carbonyl (C=O) groups is 1. The summed E-state index contributed by atoms with van der Waals surface area (Å²) in [4.78, 5) is 14.9. The molecule has 1 aromatic heterocycles. The first kappa shape index (κ1) is 13.7. The van der Waals surface area contributed by atoms with Crippen molar-refractivity contribution >= 4 is 51.7 Å². The first-order chi connectivity index (χ1) is 8.58. The minimum absolute atomic E-state index is 0.190. The number of hydrogen-bond donors (Lipinski definition) is 2. The summed E-state index contributed by atoms with van der Waals surface area (Å²) in [7, 11) is 0. The summed E-state index contributed by atoms with van der Waals surface area (Å²) in [6, 6.07) is 5.13. The summed E-state index contributed by atoms with van der Waals surface area (Å²) in [6.07, 6.45) is 3.64. The number of benzene rings is 1. The number of carbonyl (C=O) groups excluding carboxylic acids is 1. The van der Waals surface area contributed by atoms with Gasteiger partial charge in [-0.3, -0.25) is 4.79 Å². The maximum Gasteiger partial charge on any atom is 0.252 e. The Morgan fingerprint density at radius 2 is 2.17 bits per heavy atom. The average Bonchev–Trinajstić information content (AvgIpc) is 2.83. The highest BCUT2D eigenvalue weighted by molar-refractivity contribution is 14.1. The summed E-state index contributed by atoms with van der Waals surface area (Å²) < 4.78 is 0.699. The van der Waals surface area contributed by atoms with E-state index in [2.05, 4.69) is 10.3 Å². The molecule has 0 saturated heterocycles. The van der Waals surface area contributed by atoms with Gasteiger partial charge in [-0.1, -0.05) is 23.2 Å². The van der Waals surface area contributed by atoms with E-state index >= 15 is 0 Å². The fourth-order valence-electron chi connectivity index (χ4n) is 1.47. The fourth-order valence-corrected chi connectivity index (χ4v) is 2.52. The Bertz CT molecular complexity index is 570. The third-order valence-corrected chi connectivity index (χ3v) is 4.35. The molecule has 18 heavy (non-hydrogen) atoms. The molecule has 2 aromatic rings. The van der Waals surface area contributed by atoms with Crippen LogP contribution in [0, 0.1) is 3.57 Å². The number of amides is 1. The van der Waals surface area contributed by atoms with E-state index in [9.17, 15) is 4.79 Å². The Hall–Kier alpha value is -0.720. The monoisotopic (exact) mass is 394 g/mol. The second-order valence-electron chi connectivity index (χ2n) is 3.65. The van der Waals surface area contributed by atoms with Crippen LogP contribution in [-0.4, -0.2) is 10.9 Å². The number of aromatic amines is 1. The predicted octanol–water partition coefficient (Wildman–Crippen LogP) is 3.86. The zero-order valence-electron chi connectivity index (χ0n) is 9.14. The van der Waals surface area contributed by atoms with Crippen molar-refractivity contribution in [2.24, 2.45) is 0 Å². The number of hydrogen-bond acceptors (Lipinski definition) is 1. The normalized spacial score (nSPS) is 10.4. The second kappa shape index (κ2) is 5.95. The van der Waals surface area contributed by atoms with Gasteiger partial charge in [-0.25, -0.2) is 0 Å². The molecule has 2 rings (SSSR count). The van der Waals surface area contributed by atoms with Crippen molar-refractivity contribution < 1.29 is 4.79 Å². The highest BCUT2D eigenvalue weighted by Crippen LogP contribution is 2.26. The lowest BCUT2D eigenvalue weighted by Gasteiger charge is -2.08. The van der Waals surface area contributed by atoms with Crippen molar-refractivity contribution in [3.05, 3.63) is 55.3 Å². The Kier molecular flexibility index (Phi) is 4.53. The van der Waals surface area contributed by atoms with Gasteiger partial charge in [-0.05, 0) is 46.4 Å². The van der Waals surface area contributed by atoms with Gasteiger partial charge in [0, 0.05) is 27.5 Å². The Morgan fingerprint density at radius 3 is 2.83 bits per heavy atom. The van der Waals surface area contributed by atoms with Gasteiger partial charge in [-0.2, -0.15) is 0 Å². The number of nitrogens with one attached hydrogen (secondary N) is 2. The molecule has 94 valence electrons. The van der Waals surface area contributed by atoms with E-state index in [1.165, 1.54) is 0 Å². The predicted molar refractivity (Wildman–Crippen MR) is 81.1 cm³/mol. The van der Waals surface area contributed by atoms with Crippen molar-refractivity contribution in [3.8, 4) is 0 Å². The van der Waals surface area contributed by atoms with Crippen LogP contribution < -0.4 is 5.32 Å². The molecule has 3 nitrogen and oxygen atoms in total. The minimum atomic E-state index is -0.190. The van der Waals surface area contributed by atoms with Crippen LogP contribution in [0.4, 0.5) is 0 Å². The molecule has 1 amide bonds. The van der Waals surface area contributed by atoms with E-state index in [0.29, 0.717) is 25.7 Å². The molecular weight excluding hydrogens is 386 g/mol. The molecule has 2 N–H and O–H groups in total. The van der Waals surface area contributed by atoms with Crippen LogP contribution in [0.5, 0.6) is 0 Å². The first-order valence-electron chi connectivity index (χ1n) is 5.12. The summed E-state index contributed by atoms with van der Waals surface area (Å²) in [5.41, 5.74) is 1.50. The Morgan fingerprint density at radius 1 is 1.39 bits per heavy atom. The van der Waals surface area contributed by atoms with Crippen molar-refractivity contribution in [1.29, 1.82) is 0 Å². The van der Waals surface area contributed by atoms with Gasteiger partial charge in [0.1, 0.15) is 0 Å². The van der Waals surface area contributed by atoms with Crippen molar-refractivity contribution in [2.75, 3.05) is 0 Å². The standard InChI is InChI=1S/C12H9Cl2IN2O/c13-8-3-9(11(15)10(14)4-8)12(18)17-6-7-1-2-16-5-7/h1-5,16H,6H2,(H,17,18). The van der Waals surface area contributed by atoms with Crippen LogP contribution in [0.3, 0.4) is 0 Å². The lowest BCUT2D eigenvalue weighted by Crippen LogP contribution is -2.23. The lowest BCUT2D eigenvalue weighted by atomic mass is 10.2. The van der Waals surface area contributed by atoms with E-state index in [-0.39, 0.29) is 5.91 Å². The van der Waals surface area contributed by atoms with Crippen LogP contribution in [0.25, 0.3) is 0 Å². The van der Waals surface area contributed by atoms with E-state index in [4.69, 9.17) is 23.2 Å². The molecule has 6 heteroatoms. The minimum Gasteiger partial charge on any atom is -0.367 e. The van der Waals surface area contributed by atoms with E-state index in [1.807, 2.05) is 41.1 Å². The largest absolute Gasteiger partial charge is 0.367 e. The molecule has 0 aliphatic carbocycles. The second-order valence-corrected chi connectivity index (χ2v) is 5.57. The highest BCUT2D eigenvalue weighted by Gasteiger charge is 2.13. The molecule has 0 spiro atoms. The van der Waals surface area contributed by atoms with Crippen LogP contribution in [-0.2, 0) is 6.54 Å². The topological polar surface area (TPSA) is 44.9 Å². The summed E-state index contributed by atoms with van der Waals surface area (Å²) in [5, 5.41) is 3.75. The highest BCUT2D eigenvalue weighted by atomic mass is 127. The Balaban J connectivity index is 2.14. The maximum atomic E-state index is 12.0. The molecule has 0 atom stereocenters. The SMILES string of the molecule is O=C(NCc1cc[nH]c1)c1cc(Cl)cc(Cl)c1I. The first-order valence-corrected chi connectivity index (χ1v) is 6.96. The zero-order chi connectivity index (χ0) is 13.1. The van der Waals surface area contributed by atoms with Gasteiger partial charge in [0.25, 0.3) is 5.91 Å². The van der Waals surface area contributed by atoms with Crippen LogP contribution in [0.1, 0.15) is 15.9 Å². The van der Waals surface area contributed by atoms with Gasteiger partial charge in [0.15, 0.2) is 0 Å². The van der Waals surface area contributed by atoms with Gasteiger partial charge in [0.05, 0.1) is 10.6 Å². The molecular formula is C12H9Cl2IN2O. The number of H-pyrrole nitrogens is 1. The van der Waals surface area contributed by atoms with E-state index < -0.39 is 0 Å². The van der Waals surface area contributed by atoms with E-state index in [0.717, 1.165) is 5.56 Å². The molecule has 0 radical (unpaired) electrons. The summed E-state index contributed by atoms with van der Waals surface area (Å²) in [5.74, 6) is -0.190. The number of aromatic nitrogens is 1. The lowest BCUT2D eigenvalue weighted by molar-refractivity contribution is 0.0950. The third-order valence-electron chi connectivity index (χ3n) is 2.35. The van der Waals surface area contributed by atoms with Gasteiger partial charge < -0.3 is 10.3 Å². The molecule has 0 bridgehead atoms. The molecule has 0 unspecified atom stereocenters. The number of rotatable bonds is 3. The van der Waals surface area contributed by atoms with Gasteiger partial charge >= 0.3 is 0 Å². The van der Waals surface area contributed by atoms with Crippen molar-refractivity contribution in [2.45, 2.75) is 6.54 Å². The zero-order valence-corrected chi connectivity index (χ0v) is 12.8. The van der Waals surface area contributed by atoms with Crippen LogP contribution in [0.2, 0.25) is 10.0 Å². The van der Waals surface area contributed by atoms with Crippen molar-refractivity contribution in [3.63, 3.8) is 0 Å². The molecule has 1 heterocycles. The molecule has 0 aliphatic heterocycles. The Labute approximate surface area is 128 Å². The molecule has 1 aromatic carbocycles. The van der Waals surface area contributed by atoms with Crippen molar-refractivity contribution in [1.82, 2.24) is 10.3 Å². The smallest absolute Gasteiger partial charge is 0.252 e. The number of halogens is 3. The summed E-state index contributed by atoms with van der Waals surface area (Å²) >= 11 is 13.9. The van der Waals surface area contributed by atoms with E-state index in [1.54, 1.807) is 12.1 Å². The van der Waals surface area contributed by atoms with Crippen LogP contribution in [0.15, 0.2) is 30.6 Å². The molecule has 0 fully saturated rings. The van der Waals surface area contributed by atoms with Gasteiger partial charge in [-0.15, -0.1) is 0 Å². The summed E-state index contributed by atoms with van der Waals surface area (Å²) in [6.45, 7) is 0.461. The average molecular weight is 395 g/mol. The third kappa shape index (κ3) is 3.18. The molecule has 0 saturated carbocycles. The fraction of sp³-hybridized carbons (Fsp3) is 0.0833. The molecule has 0 aliphatic rings. The van der Waals surface area contributed by atoms with Gasteiger partial charge in [0.2, 0.25) is 0 Å². The maximum absolute atomic E-state index is 12.0. The van der Waals surface area contributed by atoms with Crippen LogP contribution >= 0.6 is 45.8 Å².